The van der Waals surface area contributed by atoms with Crippen LogP contribution in [0.3, 0.4) is 0 Å². The van der Waals surface area contributed by atoms with Gasteiger partial charge >= 0.3 is 6.18 Å². The van der Waals surface area contributed by atoms with Crippen LogP contribution in [0.15, 0.2) is 30.6 Å². The Labute approximate surface area is 203 Å². The van der Waals surface area contributed by atoms with Crippen LogP contribution < -0.4 is 10.1 Å². The fourth-order valence-electron chi connectivity index (χ4n) is 3.76. The summed E-state index contributed by atoms with van der Waals surface area (Å²) in [6.07, 6.45) is 0.0264. The molecule has 0 unspecified atom stereocenters. The molecule has 0 aliphatic carbocycles. The van der Waals surface area contributed by atoms with Crippen molar-refractivity contribution in [3.8, 4) is 17.0 Å². The molecule has 180 valence electrons. The third-order valence-corrected chi connectivity index (χ3v) is 6.70. The van der Waals surface area contributed by atoms with Crippen molar-refractivity contribution in [2.75, 3.05) is 19.0 Å². The fourth-order valence-corrected chi connectivity index (χ4v) is 4.86. The molecule has 0 saturated carbocycles. The van der Waals surface area contributed by atoms with Gasteiger partial charge in [0.2, 0.25) is 0 Å². The number of carbonyl (C=O) groups excluding carboxylic acids is 1. The lowest BCUT2D eigenvalue weighted by atomic mass is 10.1. The van der Waals surface area contributed by atoms with Crippen molar-refractivity contribution in [1.82, 2.24) is 19.9 Å². The molecule has 1 aromatic carbocycles. The van der Waals surface area contributed by atoms with Gasteiger partial charge in [-0.25, -0.2) is 15.0 Å². The highest BCUT2D eigenvalue weighted by molar-refractivity contribution is 7.16. The molecule has 1 atom stereocenters. The maximum absolute atomic E-state index is 13.5. The summed E-state index contributed by atoms with van der Waals surface area (Å²) < 4.78 is 45.6. The minimum Gasteiger partial charge on any atom is -0.497 e. The summed E-state index contributed by atoms with van der Waals surface area (Å²) in [6.45, 7) is 3.50. The molecule has 1 aliphatic rings. The van der Waals surface area contributed by atoms with E-state index in [1.165, 1.54) is 36.9 Å². The van der Waals surface area contributed by atoms with E-state index < -0.39 is 17.6 Å². The number of thiazole rings is 1. The summed E-state index contributed by atoms with van der Waals surface area (Å²) in [7, 11) is 1.31. The minimum absolute atomic E-state index is 0.0385. The molecule has 0 spiro atoms. The predicted octanol–water partition coefficient (Wildman–Crippen LogP) is 5.52. The van der Waals surface area contributed by atoms with Crippen LogP contribution in [0.4, 0.5) is 18.3 Å². The van der Waals surface area contributed by atoms with E-state index in [1.807, 2.05) is 0 Å². The fraction of sp³-hybridized carbons (Fsp3) is 0.364. The number of hydrogen-bond donors (Lipinski definition) is 1. The number of ether oxygens (including phenoxy) is 1. The van der Waals surface area contributed by atoms with Crippen LogP contribution in [-0.2, 0) is 12.7 Å². The predicted molar refractivity (Wildman–Crippen MR) is 123 cm³/mol. The number of rotatable bonds is 6. The lowest BCUT2D eigenvalue weighted by molar-refractivity contribution is -0.137. The first-order chi connectivity index (χ1) is 16.1. The summed E-state index contributed by atoms with van der Waals surface area (Å²) in [5.41, 5.74) is -0.170. The number of likely N-dealkylation sites (tertiary alicyclic amines) is 1. The zero-order valence-electron chi connectivity index (χ0n) is 18.3. The summed E-state index contributed by atoms with van der Waals surface area (Å²) in [5.74, 6) is -0.479. The Bertz CT molecular complexity index is 1190. The molecule has 4 rings (SSSR count). The molecule has 1 aliphatic heterocycles. The van der Waals surface area contributed by atoms with Crippen LogP contribution in [-0.4, -0.2) is 45.5 Å². The van der Waals surface area contributed by atoms with E-state index in [1.54, 1.807) is 0 Å². The molecule has 0 radical (unpaired) electrons. The number of nitrogens with one attached hydrogen (secondary N) is 1. The first-order valence-electron chi connectivity index (χ1n) is 10.4. The molecule has 7 nitrogen and oxygen atoms in total. The van der Waals surface area contributed by atoms with Gasteiger partial charge in [-0.05, 0) is 44.5 Å². The molecule has 1 N–H and O–H groups in total. The molecule has 0 bridgehead atoms. The summed E-state index contributed by atoms with van der Waals surface area (Å²) in [5, 5.41) is 3.06. The number of methoxy groups -OCH3 is 1. The van der Waals surface area contributed by atoms with Crippen LogP contribution in [0, 0.1) is 0 Å². The smallest absolute Gasteiger partial charge is 0.416 e. The Hall–Kier alpha value is -2.76. The van der Waals surface area contributed by atoms with Gasteiger partial charge in [0.15, 0.2) is 5.13 Å². The summed E-state index contributed by atoms with van der Waals surface area (Å²) >= 11 is 6.94. The monoisotopic (exact) mass is 511 g/mol. The second-order valence-electron chi connectivity index (χ2n) is 7.88. The van der Waals surface area contributed by atoms with E-state index in [0.717, 1.165) is 36.4 Å². The summed E-state index contributed by atoms with van der Waals surface area (Å²) in [6, 6.07) is 3.84. The Kier molecular flexibility index (Phi) is 7.06. The normalized spacial score (nSPS) is 16.6. The van der Waals surface area contributed by atoms with Gasteiger partial charge in [0, 0.05) is 23.0 Å². The SMILES string of the molecule is COc1cc(-c2nc(NC(=O)c3cnc(Cl)cn3)sc2CN2CCC[C@H]2C)cc(C(F)(F)F)c1. The molecular weight excluding hydrogens is 491 g/mol. The standard InChI is InChI=1S/C22H21ClF3N5O2S/c1-12-4-3-5-31(12)11-17-19(13-6-14(22(24,25)26)8-15(7-13)33-2)29-21(34-17)30-20(32)16-9-28-18(23)10-27-16/h6-10,12H,3-5,11H2,1-2H3,(H,29,30,32)/t12-/m1/s1. The van der Waals surface area contributed by atoms with Gasteiger partial charge in [-0.2, -0.15) is 13.2 Å². The number of carbonyl (C=O) groups is 1. The molecule has 2 aromatic heterocycles. The zero-order valence-corrected chi connectivity index (χ0v) is 19.9. The Balaban J connectivity index is 1.72. The highest BCUT2D eigenvalue weighted by Gasteiger charge is 2.32. The first kappa shape index (κ1) is 24.4. The van der Waals surface area contributed by atoms with Crippen molar-refractivity contribution in [3.63, 3.8) is 0 Å². The van der Waals surface area contributed by atoms with Gasteiger partial charge in [-0.3, -0.25) is 15.0 Å². The Morgan fingerprint density at radius 3 is 2.71 bits per heavy atom. The van der Waals surface area contributed by atoms with E-state index in [4.69, 9.17) is 16.3 Å². The van der Waals surface area contributed by atoms with Crippen molar-refractivity contribution in [2.45, 2.75) is 38.5 Å². The molecule has 1 amide bonds. The number of nitrogens with zero attached hydrogens (tertiary/aromatic N) is 4. The molecule has 34 heavy (non-hydrogen) atoms. The van der Waals surface area contributed by atoms with E-state index in [-0.39, 0.29) is 27.3 Å². The Morgan fingerprint density at radius 2 is 2.09 bits per heavy atom. The number of alkyl halides is 3. The van der Waals surface area contributed by atoms with Gasteiger partial charge in [0.25, 0.3) is 5.91 Å². The maximum atomic E-state index is 13.5. The lowest BCUT2D eigenvalue weighted by Crippen LogP contribution is -2.25. The molecule has 3 heterocycles. The average molecular weight is 512 g/mol. The number of anilines is 1. The van der Waals surface area contributed by atoms with Crippen LogP contribution in [0.5, 0.6) is 5.75 Å². The second-order valence-corrected chi connectivity index (χ2v) is 9.35. The number of benzene rings is 1. The van der Waals surface area contributed by atoms with Crippen LogP contribution >= 0.6 is 22.9 Å². The van der Waals surface area contributed by atoms with Crippen molar-refractivity contribution in [2.24, 2.45) is 0 Å². The van der Waals surface area contributed by atoms with Crippen molar-refractivity contribution in [3.05, 3.63) is 51.9 Å². The molecule has 1 saturated heterocycles. The van der Waals surface area contributed by atoms with Gasteiger partial charge in [-0.15, -0.1) is 0 Å². The van der Waals surface area contributed by atoms with Crippen LogP contribution in [0.2, 0.25) is 5.15 Å². The van der Waals surface area contributed by atoms with E-state index in [0.29, 0.717) is 18.3 Å². The van der Waals surface area contributed by atoms with E-state index in [9.17, 15) is 18.0 Å². The van der Waals surface area contributed by atoms with Crippen molar-refractivity contribution >= 4 is 34.0 Å². The largest absolute Gasteiger partial charge is 0.497 e. The number of aromatic nitrogens is 3. The van der Waals surface area contributed by atoms with Gasteiger partial charge < -0.3 is 4.74 Å². The van der Waals surface area contributed by atoms with Gasteiger partial charge in [-0.1, -0.05) is 22.9 Å². The van der Waals surface area contributed by atoms with Gasteiger partial charge in [0.05, 0.1) is 30.8 Å². The van der Waals surface area contributed by atoms with E-state index in [2.05, 4.69) is 32.1 Å². The molecular formula is C22H21ClF3N5O2S. The van der Waals surface area contributed by atoms with Gasteiger partial charge in [0.1, 0.15) is 16.6 Å². The average Bonchev–Trinajstić information content (AvgIpc) is 3.39. The quantitative estimate of drug-likeness (QED) is 0.469. The molecule has 3 aromatic rings. The van der Waals surface area contributed by atoms with Crippen molar-refractivity contribution < 1.29 is 22.7 Å². The maximum Gasteiger partial charge on any atom is 0.416 e. The third-order valence-electron chi connectivity index (χ3n) is 5.55. The second kappa shape index (κ2) is 9.85. The topological polar surface area (TPSA) is 80.2 Å². The number of halogens is 4. The highest BCUT2D eigenvalue weighted by atomic mass is 35.5. The number of amides is 1. The summed E-state index contributed by atoms with van der Waals surface area (Å²) in [4.78, 5) is 27.9. The van der Waals surface area contributed by atoms with E-state index >= 15 is 0 Å². The molecule has 12 heteroatoms. The van der Waals surface area contributed by atoms with Crippen molar-refractivity contribution in [1.29, 1.82) is 0 Å². The zero-order chi connectivity index (χ0) is 24.5. The van der Waals surface area contributed by atoms with Crippen LogP contribution in [0.1, 0.15) is 40.7 Å². The minimum atomic E-state index is -4.55. The highest BCUT2D eigenvalue weighted by Crippen LogP contribution is 2.39. The number of hydrogen-bond acceptors (Lipinski definition) is 7. The third kappa shape index (κ3) is 5.48. The lowest BCUT2D eigenvalue weighted by Gasteiger charge is -2.20. The first-order valence-corrected chi connectivity index (χ1v) is 11.6. The van der Waals surface area contributed by atoms with Crippen LogP contribution in [0.25, 0.3) is 11.3 Å². The molecule has 1 fully saturated rings. The Morgan fingerprint density at radius 1 is 1.29 bits per heavy atom.